The van der Waals surface area contributed by atoms with E-state index >= 15 is 0 Å². The van der Waals surface area contributed by atoms with E-state index in [4.69, 9.17) is 21.1 Å². The molecule has 3 aromatic rings. The van der Waals surface area contributed by atoms with Crippen LogP contribution in [0, 0.1) is 20.8 Å². The first kappa shape index (κ1) is 22.8. The average molecular weight is 459 g/mol. The number of thiazole rings is 1. The van der Waals surface area contributed by atoms with E-state index in [0.717, 1.165) is 16.8 Å². The summed E-state index contributed by atoms with van der Waals surface area (Å²) in [4.78, 5) is 29.9. The number of hydrogen-bond acceptors (Lipinski definition) is 6. The molecule has 0 bridgehead atoms. The number of carbonyl (C=O) groups is 2. The van der Waals surface area contributed by atoms with Gasteiger partial charge in [0.1, 0.15) is 22.2 Å². The summed E-state index contributed by atoms with van der Waals surface area (Å²) in [6, 6.07) is 12.7. The number of anilines is 1. The van der Waals surface area contributed by atoms with Gasteiger partial charge in [-0.15, -0.1) is 11.3 Å². The van der Waals surface area contributed by atoms with Crippen LogP contribution < -0.4 is 10.1 Å². The third kappa shape index (κ3) is 5.83. The van der Waals surface area contributed by atoms with Gasteiger partial charge in [0.05, 0.1) is 5.69 Å². The van der Waals surface area contributed by atoms with Crippen molar-refractivity contribution in [2.24, 2.45) is 0 Å². The Bertz CT molecular complexity index is 1080. The zero-order valence-corrected chi connectivity index (χ0v) is 19.3. The highest BCUT2D eigenvalue weighted by molar-refractivity contribution is 7.13. The summed E-state index contributed by atoms with van der Waals surface area (Å²) in [7, 11) is 0. The first-order valence-electron chi connectivity index (χ1n) is 9.67. The number of carbonyl (C=O) groups excluding carboxylic acids is 2. The van der Waals surface area contributed by atoms with E-state index < -0.39 is 12.1 Å². The highest BCUT2D eigenvalue weighted by atomic mass is 35.5. The molecule has 0 saturated carbocycles. The quantitative estimate of drug-likeness (QED) is 0.474. The predicted octanol–water partition coefficient (Wildman–Crippen LogP) is 5.48. The molecule has 0 saturated heterocycles. The zero-order valence-electron chi connectivity index (χ0n) is 17.7. The normalized spacial score (nSPS) is 11.6. The van der Waals surface area contributed by atoms with Crippen LogP contribution in [0.2, 0.25) is 5.02 Å². The molecule has 0 aliphatic rings. The Balaban J connectivity index is 1.60. The van der Waals surface area contributed by atoms with Crippen LogP contribution in [0.15, 0.2) is 42.5 Å². The van der Waals surface area contributed by atoms with Crippen molar-refractivity contribution in [1.82, 2.24) is 4.98 Å². The number of benzene rings is 2. The van der Waals surface area contributed by atoms with Gasteiger partial charge < -0.3 is 14.8 Å². The number of ether oxygens (including phenoxy) is 2. The van der Waals surface area contributed by atoms with Crippen molar-refractivity contribution in [3.63, 3.8) is 0 Å². The molecule has 1 N–H and O–H groups in total. The van der Waals surface area contributed by atoms with E-state index in [9.17, 15) is 9.59 Å². The number of rotatable bonds is 7. The number of aromatic nitrogens is 1. The van der Waals surface area contributed by atoms with E-state index in [1.165, 1.54) is 11.3 Å². The van der Waals surface area contributed by atoms with Crippen LogP contribution in [-0.2, 0) is 16.1 Å². The molecule has 0 radical (unpaired) electrons. The van der Waals surface area contributed by atoms with Gasteiger partial charge in [0, 0.05) is 10.7 Å². The Labute approximate surface area is 190 Å². The Hall–Kier alpha value is -2.90. The molecule has 0 spiro atoms. The van der Waals surface area contributed by atoms with Crippen molar-refractivity contribution in [2.75, 3.05) is 5.32 Å². The molecule has 3 rings (SSSR count). The second-order valence-corrected chi connectivity index (χ2v) is 8.59. The third-order valence-electron chi connectivity index (χ3n) is 4.58. The van der Waals surface area contributed by atoms with Gasteiger partial charge in [0.2, 0.25) is 0 Å². The number of para-hydroxylation sites is 1. The number of esters is 1. The van der Waals surface area contributed by atoms with Gasteiger partial charge in [0.15, 0.2) is 6.10 Å². The van der Waals surface area contributed by atoms with E-state index in [2.05, 4.69) is 10.3 Å². The Kier molecular flexibility index (Phi) is 7.30. The number of nitrogens with one attached hydrogen (secondary N) is 1. The van der Waals surface area contributed by atoms with Gasteiger partial charge in [-0.1, -0.05) is 29.8 Å². The van der Waals surface area contributed by atoms with Gasteiger partial charge in [-0.25, -0.2) is 9.78 Å². The van der Waals surface area contributed by atoms with Crippen LogP contribution in [0.5, 0.6) is 5.75 Å². The minimum Gasteiger partial charge on any atom is -0.486 e. The second kappa shape index (κ2) is 9.94. The van der Waals surface area contributed by atoms with Crippen molar-refractivity contribution in [3.05, 3.63) is 74.2 Å². The van der Waals surface area contributed by atoms with Crippen LogP contribution in [0.4, 0.5) is 5.69 Å². The first-order valence-corrected chi connectivity index (χ1v) is 10.9. The second-order valence-electron chi connectivity index (χ2n) is 7.07. The van der Waals surface area contributed by atoms with Crippen molar-refractivity contribution in [1.29, 1.82) is 0 Å². The lowest BCUT2D eigenvalue weighted by Gasteiger charge is -2.16. The standard InChI is InChI=1S/C23H23ClN2O4S/c1-13-6-5-7-14(2)20(13)26-22(27)16(4)30-23(28)21-15(3)25-19(31-21)12-29-18-10-8-17(24)9-11-18/h5-11,16H,12H2,1-4H3,(H,26,27). The molecule has 1 unspecified atom stereocenters. The predicted molar refractivity (Wildman–Crippen MR) is 122 cm³/mol. The molecule has 6 nitrogen and oxygen atoms in total. The van der Waals surface area contributed by atoms with Crippen LogP contribution in [-0.4, -0.2) is 23.0 Å². The maximum absolute atomic E-state index is 12.6. The van der Waals surface area contributed by atoms with Crippen molar-refractivity contribution < 1.29 is 19.1 Å². The third-order valence-corrected chi connectivity index (χ3v) is 5.95. The molecule has 1 heterocycles. The highest BCUT2D eigenvalue weighted by Gasteiger charge is 2.23. The summed E-state index contributed by atoms with van der Waals surface area (Å²) in [6.45, 7) is 7.30. The molecule has 8 heteroatoms. The molecule has 162 valence electrons. The van der Waals surface area contributed by atoms with E-state index in [0.29, 0.717) is 26.4 Å². The fourth-order valence-corrected chi connectivity index (χ4v) is 3.87. The number of amides is 1. The summed E-state index contributed by atoms with van der Waals surface area (Å²) in [5, 5.41) is 4.09. The van der Waals surface area contributed by atoms with Gasteiger partial charge >= 0.3 is 5.97 Å². The van der Waals surface area contributed by atoms with E-state index in [1.807, 2.05) is 32.0 Å². The topological polar surface area (TPSA) is 77.5 Å². The van der Waals surface area contributed by atoms with Gasteiger partial charge in [-0.05, 0) is 63.1 Å². The van der Waals surface area contributed by atoms with Gasteiger partial charge in [-0.3, -0.25) is 4.79 Å². The SMILES string of the molecule is Cc1cccc(C)c1NC(=O)C(C)OC(=O)c1sc(COc2ccc(Cl)cc2)nc1C. The number of hydrogen-bond donors (Lipinski definition) is 1. The number of nitrogens with zero attached hydrogens (tertiary/aromatic N) is 1. The monoisotopic (exact) mass is 458 g/mol. The molecule has 1 atom stereocenters. The molecule has 1 aromatic heterocycles. The van der Waals surface area contributed by atoms with Crippen LogP contribution in [0.25, 0.3) is 0 Å². The summed E-state index contributed by atoms with van der Waals surface area (Å²) in [6.07, 6.45) is -0.957. The van der Waals surface area contributed by atoms with E-state index in [-0.39, 0.29) is 12.5 Å². The minimum absolute atomic E-state index is 0.211. The summed E-state index contributed by atoms with van der Waals surface area (Å²) >= 11 is 7.05. The molecule has 1 amide bonds. The fraction of sp³-hybridized carbons (Fsp3) is 0.261. The van der Waals surface area contributed by atoms with Gasteiger partial charge in [-0.2, -0.15) is 0 Å². The Morgan fingerprint density at radius 1 is 1.10 bits per heavy atom. The maximum atomic E-state index is 12.6. The molecular formula is C23H23ClN2O4S. The summed E-state index contributed by atoms with van der Waals surface area (Å²) in [5.74, 6) is -0.325. The molecule has 2 aromatic carbocycles. The van der Waals surface area contributed by atoms with Crippen LogP contribution in [0.3, 0.4) is 0 Å². The van der Waals surface area contributed by atoms with Crippen molar-refractivity contribution >= 4 is 40.5 Å². The first-order chi connectivity index (χ1) is 14.7. The van der Waals surface area contributed by atoms with Crippen molar-refractivity contribution in [3.8, 4) is 5.75 Å². The molecule has 0 aliphatic carbocycles. The highest BCUT2D eigenvalue weighted by Crippen LogP contribution is 2.23. The maximum Gasteiger partial charge on any atom is 0.351 e. The Morgan fingerprint density at radius 2 is 1.74 bits per heavy atom. The fourth-order valence-electron chi connectivity index (χ4n) is 2.88. The van der Waals surface area contributed by atoms with Crippen LogP contribution >= 0.6 is 22.9 Å². The summed E-state index contributed by atoms with van der Waals surface area (Å²) in [5.41, 5.74) is 3.14. The molecule has 31 heavy (non-hydrogen) atoms. The number of aryl methyl sites for hydroxylation is 3. The largest absolute Gasteiger partial charge is 0.486 e. The van der Waals surface area contributed by atoms with Gasteiger partial charge in [0.25, 0.3) is 5.91 Å². The zero-order chi connectivity index (χ0) is 22.5. The lowest BCUT2D eigenvalue weighted by molar-refractivity contribution is -0.123. The van der Waals surface area contributed by atoms with Crippen molar-refractivity contribution in [2.45, 2.75) is 40.4 Å². The smallest absolute Gasteiger partial charge is 0.351 e. The minimum atomic E-state index is -0.957. The van der Waals surface area contributed by atoms with Crippen LogP contribution in [0.1, 0.15) is 38.4 Å². The molecule has 0 aliphatic heterocycles. The van der Waals surface area contributed by atoms with E-state index in [1.54, 1.807) is 38.1 Å². The average Bonchev–Trinajstić information content (AvgIpc) is 3.11. The lowest BCUT2D eigenvalue weighted by atomic mass is 10.1. The number of halogens is 1. The molecular weight excluding hydrogens is 436 g/mol. The lowest BCUT2D eigenvalue weighted by Crippen LogP contribution is -2.30. The summed E-state index contributed by atoms with van der Waals surface area (Å²) < 4.78 is 11.1. The molecule has 0 fully saturated rings. The Morgan fingerprint density at radius 3 is 2.39 bits per heavy atom.